The molecule has 54 heavy (non-hydrogen) atoms. The molecular formula is C43H46BrN3O6Si. The fourth-order valence-corrected chi connectivity index (χ4v) is 13.9. The summed E-state index contributed by atoms with van der Waals surface area (Å²) < 4.78 is 13.6. The topological polar surface area (TPSA) is 99.6 Å². The molecule has 280 valence electrons. The van der Waals surface area contributed by atoms with Gasteiger partial charge in [-0.15, -0.1) is 0 Å². The molecule has 0 bridgehead atoms. The standard InChI is InChI=1S/C43H46BrN3O6Si/c1-27-41(54(3,4)35-16-14-34(52-2)15-17-35)38(23-40(50)46-25-30-8-6-5-7-29(30)21-33(46)26-48)53-43(27)36-22-31(44)11-18-37(36)47(42(43)51)24-28-9-12-32(13-10-28)45-20-19-39(45)49/h5-18,22,27,33,38,41,48H,19-21,23-26H2,1-4H3/t27-,33+,38+,41-,43+/m1/s1. The van der Waals surface area contributed by atoms with Crippen LogP contribution in [0.2, 0.25) is 18.6 Å². The number of methoxy groups -OCH3 is 1. The smallest absolute Gasteiger partial charge is 0.264 e. The highest BCUT2D eigenvalue weighted by atomic mass is 79.9. The predicted octanol–water partition coefficient (Wildman–Crippen LogP) is 6.29. The monoisotopic (exact) mass is 807 g/mol. The predicted molar refractivity (Wildman–Crippen MR) is 215 cm³/mol. The number of carbonyl (C=O) groups is 3. The highest BCUT2D eigenvalue weighted by molar-refractivity contribution is 9.10. The summed E-state index contributed by atoms with van der Waals surface area (Å²) in [4.78, 5) is 47.3. The highest BCUT2D eigenvalue weighted by Crippen LogP contribution is 2.60. The van der Waals surface area contributed by atoms with Crippen LogP contribution in [0.5, 0.6) is 5.75 Å². The van der Waals surface area contributed by atoms with E-state index in [4.69, 9.17) is 9.47 Å². The Hall–Kier alpha value is -4.29. The molecule has 1 spiro atoms. The van der Waals surface area contributed by atoms with E-state index in [2.05, 4.69) is 54.1 Å². The second kappa shape index (κ2) is 14.1. The lowest BCUT2D eigenvalue weighted by Crippen LogP contribution is -2.52. The van der Waals surface area contributed by atoms with E-state index in [1.165, 1.54) is 5.19 Å². The van der Waals surface area contributed by atoms with Gasteiger partial charge in [0.1, 0.15) is 5.75 Å². The first-order valence-corrected chi connectivity index (χ1v) is 22.6. The fraction of sp³-hybridized carbons (Fsp3) is 0.372. The Bertz CT molecular complexity index is 2110. The van der Waals surface area contributed by atoms with Crippen molar-refractivity contribution in [3.8, 4) is 5.75 Å². The minimum atomic E-state index is -2.50. The molecule has 3 amide bonds. The van der Waals surface area contributed by atoms with E-state index in [9.17, 15) is 14.7 Å². The number of anilines is 2. The zero-order valence-corrected chi connectivity index (χ0v) is 33.7. The summed E-state index contributed by atoms with van der Waals surface area (Å²) in [5.74, 6) is 0.393. The van der Waals surface area contributed by atoms with Crippen LogP contribution in [0.1, 0.15) is 42.0 Å². The van der Waals surface area contributed by atoms with Gasteiger partial charge in [-0.1, -0.05) is 89.7 Å². The molecule has 2 saturated heterocycles. The molecule has 11 heteroatoms. The number of hydrogen-bond acceptors (Lipinski definition) is 6. The zero-order valence-electron chi connectivity index (χ0n) is 31.1. The Morgan fingerprint density at radius 1 is 1.00 bits per heavy atom. The van der Waals surface area contributed by atoms with Gasteiger partial charge in [-0.3, -0.25) is 14.4 Å². The van der Waals surface area contributed by atoms with Gasteiger partial charge < -0.3 is 29.3 Å². The highest BCUT2D eigenvalue weighted by Gasteiger charge is 2.66. The molecule has 0 aromatic heterocycles. The van der Waals surface area contributed by atoms with E-state index in [0.717, 1.165) is 50.4 Å². The molecule has 0 aliphatic carbocycles. The van der Waals surface area contributed by atoms with Gasteiger partial charge in [-0.05, 0) is 71.1 Å². The van der Waals surface area contributed by atoms with E-state index < -0.39 is 19.8 Å². The van der Waals surface area contributed by atoms with Gasteiger partial charge in [0, 0.05) is 41.2 Å². The van der Waals surface area contributed by atoms with Gasteiger partial charge in [0.15, 0.2) is 5.60 Å². The number of ether oxygens (including phenoxy) is 2. The van der Waals surface area contributed by atoms with Gasteiger partial charge in [0.2, 0.25) is 11.8 Å². The van der Waals surface area contributed by atoms with Gasteiger partial charge in [0.25, 0.3) is 5.91 Å². The van der Waals surface area contributed by atoms with Crippen molar-refractivity contribution in [2.75, 3.05) is 30.1 Å². The number of aliphatic hydroxyl groups is 1. The number of nitrogens with zero attached hydrogens (tertiary/aromatic N) is 3. The number of β-lactam (4-membered cyclic amide) rings is 1. The minimum Gasteiger partial charge on any atom is -0.497 e. The molecule has 8 rings (SSSR count). The molecule has 4 heterocycles. The van der Waals surface area contributed by atoms with Crippen LogP contribution >= 0.6 is 15.9 Å². The van der Waals surface area contributed by atoms with Crippen LogP contribution in [-0.2, 0) is 44.2 Å². The van der Waals surface area contributed by atoms with E-state index in [1.54, 1.807) is 12.0 Å². The maximum atomic E-state index is 15.3. The van der Waals surface area contributed by atoms with Gasteiger partial charge in [0.05, 0.1) is 52.6 Å². The Morgan fingerprint density at radius 3 is 2.37 bits per heavy atom. The van der Waals surface area contributed by atoms with Crippen LogP contribution in [0.3, 0.4) is 0 Å². The average molecular weight is 809 g/mol. The maximum Gasteiger partial charge on any atom is 0.264 e. The molecule has 4 aliphatic rings. The van der Waals surface area contributed by atoms with Gasteiger partial charge >= 0.3 is 0 Å². The third-order valence-corrected chi connectivity index (χ3v) is 17.4. The lowest BCUT2D eigenvalue weighted by molar-refractivity contribution is -0.151. The molecule has 4 aromatic rings. The average Bonchev–Trinajstić information content (AvgIpc) is 3.59. The Labute approximate surface area is 326 Å². The quantitative estimate of drug-likeness (QED) is 0.158. The van der Waals surface area contributed by atoms with Crippen LogP contribution in [0.15, 0.2) is 95.5 Å². The fourth-order valence-electron chi connectivity index (χ4n) is 9.53. The molecule has 0 unspecified atom stereocenters. The van der Waals surface area contributed by atoms with Crippen LogP contribution in [0.4, 0.5) is 11.4 Å². The first kappa shape index (κ1) is 36.7. The zero-order chi connectivity index (χ0) is 37.9. The number of carbonyl (C=O) groups excluding carboxylic acids is 3. The van der Waals surface area contributed by atoms with Crippen molar-refractivity contribution in [1.29, 1.82) is 0 Å². The number of hydrogen-bond donors (Lipinski definition) is 1. The van der Waals surface area contributed by atoms with Gasteiger partial charge in [-0.2, -0.15) is 0 Å². The van der Waals surface area contributed by atoms with Crippen LogP contribution in [0.25, 0.3) is 0 Å². The molecule has 9 nitrogen and oxygen atoms in total. The molecular weight excluding hydrogens is 762 g/mol. The van der Waals surface area contributed by atoms with E-state index in [0.29, 0.717) is 25.9 Å². The largest absolute Gasteiger partial charge is 0.497 e. The second-order valence-electron chi connectivity index (χ2n) is 15.7. The second-order valence-corrected chi connectivity index (χ2v) is 21.3. The summed E-state index contributed by atoms with van der Waals surface area (Å²) >= 11 is 3.70. The van der Waals surface area contributed by atoms with Gasteiger partial charge in [-0.25, -0.2) is 0 Å². The first-order valence-electron chi connectivity index (χ1n) is 18.8. The lowest BCUT2D eigenvalue weighted by atomic mass is 9.82. The Balaban J connectivity index is 1.17. The molecule has 2 fully saturated rings. The van der Waals surface area contributed by atoms with Crippen molar-refractivity contribution in [2.45, 2.75) is 75.7 Å². The maximum absolute atomic E-state index is 15.3. The normalized spacial score (nSPS) is 24.8. The third kappa shape index (κ3) is 6.00. The SMILES string of the molecule is COc1ccc([Si](C)(C)[C@H]2[C@H](CC(=O)N3Cc4ccccc4C[C@H]3CO)O[C@@]3(C(=O)N(Cc4ccc(N5CCC5=O)cc4)c4ccc(Br)cc43)[C@@H]2C)cc1. The van der Waals surface area contributed by atoms with Crippen LogP contribution in [0, 0.1) is 5.92 Å². The van der Waals surface area contributed by atoms with Crippen molar-refractivity contribution < 1.29 is 29.0 Å². The first-order chi connectivity index (χ1) is 26.0. The van der Waals surface area contributed by atoms with E-state index in [-0.39, 0.29) is 48.3 Å². The van der Waals surface area contributed by atoms with E-state index in [1.807, 2.05) is 82.6 Å². The summed E-state index contributed by atoms with van der Waals surface area (Å²) in [5, 5.41) is 11.7. The number of rotatable bonds is 9. The van der Waals surface area contributed by atoms with Crippen molar-refractivity contribution in [3.05, 3.63) is 118 Å². The number of fused-ring (bicyclic) bond motifs is 3. The summed E-state index contributed by atoms with van der Waals surface area (Å²) in [7, 11) is -0.842. The van der Waals surface area contributed by atoms with Crippen LogP contribution in [-0.4, -0.2) is 68.2 Å². The minimum absolute atomic E-state index is 0.0834. The molecule has 0 radical (unpaired) electrons. The number of halogens is 1. The molecule has 4 aromatic carbocycles. The van der Waals surface area contributed by atoms with Crippen molar-refractivity contribution in [1.82, 2.24) is 4.90 Å². The summed E-state index contributed by atoms with van der Waals surface area (Å²) in [5.41, 5.74) is 4.19. The molecule has 5 atom stereocenters. The summed E-state index contributed by atoms with van der Waals surface area (Å²) in [6.45, 7) is 8.09. The molecule has 4 aliphatic heterocycles. The number of amides is 3. The van der Waals surface area contributed by atoms with Crippen molar-refractivity contribution in [3.63, 3.8) is 0 Å². The number of aliphatic hydroxyl groups excluding tert-OH is 1. The van der Waals surface area contributed by atoms with Crippen molar-refractivity contribution in [2.24, 2.45) is 5.92 Å². The third-order valence-electron chi connectivity index (χ3n) is 12.5. The summed E-state index contributed by atoms with van der Waals surface area (Å²) in [6, 6.07) is 29.8. The van der Waals surface area contributed by atoms with Crippen LogP contribution < -0.4 is 19.7 Å². The van der Waals surface area contributed by atoms with E-state index >= 15 is 4.79 Å². The molecule has 0 saturated carbocycles. The summed E-state index contributed by atoms with van der Waals surface area (Å²) in [6.07, 6.45) is 0.687. The lowest BCUT2D eigenvalue weighted by Gasteiger charge is -2.39. The van der Waals surface area contributed by atoms with Crippen molar-refractivity contribution >= 4 is 58.3 Å². The Morgan fingerprint density at radius 2 is 1.72 bits per heavy atom. The Kier molecular flexibility index (Phi) is 9.57. The number of benzene rings is 4. The molecule has 1 N–H and O–H groups in total.